The second-order valence-electron chi connectivity index (χ2n) is 7.11. The smallest absolute Gasteiger partial charge is 0.315 e. The molecule has 0 atom stereocenters. The van der Waals surface area contributed by atoms with Gasteiger partial charge in [-0.25, -0.2) is 4.98 Å². The average Bonchev–Trinajstić information content (AvgIpc) is 3.18. The zero-order chi connectivity index (χ0) is 21.3. The highest BCUT2D eigenvalue weighted by atomic mass is 16.6. The van der Waals surface area contributed by atoms with Crippen LogP contribution in [0.4, 0.5) is 5.69 Å². The van der Waals surface area contributed by atoms with Gasteiger partial charge in [-0.2, -0.15) is 0 Å². The molecule has 1 N–H and O–H groups in total. The highest BCUT2D eigenvalue weighted by molar-refractivity contribution is 5.80. The van der Waals surface area contributed by atoms with Gasteiger partial charge in [-0.3, -0.25) is 10.1 Å². The van der Waals surface area contributed by atoms with Crippen LogP contribution in [0.3, 0.4) is 0 Å². The third-order valence-corrected chi connectivity index (χ3v) is 4.99. The van der Waals surface area contributed by atoms with E-state index in [9.17, 15) is 10.1 Å². The summed E-state index contributed by atoms with van der Waals surface area (Å²) >= 11 is 0. The van der Waals surface area contributed by atoms with Crippen molar-refractivity contribution in [3.05, 3.63) is 81.4 Å². The Morgan fingerprint density at radius 1 is 1.10 bits per heavy atom. The molecule has 7 heteroatoms. The van der Waals surface area contributed by atoms with Gasteiger partial charge in [0, 0.05) is 11.6 Å². The van der Waals surface area contributed by atoms with E-state index in [0.29, 0.717) is 11.4 Å². The first-order valence-corrected chi connectivity index (χ1v) is 9.46. The van der Waals surface area contributed by atoms with Crippen molar-refractivity contribution in [2.75, 3.05) is 7.11 Å². The van der Waals surface area contributed by atoms with E-state index in [1.54, 1.807) is 6.07 Å². The second-order valence-corrected chi connectivity index (χ2v) is 7.11. The van der Waals surface area contributed by atoms with Gasteiger partial charge in [-0.05, 0) is 43.2 Å². The zero-order valence-electron chi connectivity index (χ0n) is 16.9. The predicted octanol–water partition coefficient (Wildman–Crippen LogP) is 5.34. The second kappa shape index (κ2) is 7.87. The number of nitrogens with one attached hydrogen (secondary N) is 1. The number of benzene rings is 3. The van der Waals surface area contributed by atoms with Crippen molar-refractivity contribution >= 4 is 16.7 Å². The molecule has 0 aliphatic rings. The summed E-state index contributed by atoms with van der Waals surface area (Å²) in [5.74, 6) is 0.909. The van der Waals surface area contributed by atoms with Gasteiger partial charge in [-0.15, -0.1) is 0 Å². The number of fused-ring (bicyclic) bond motifs is 1. The van der Waals surface area contributed by atoms with Crippen molar-refractivity contribution in [3.63, 3.8) is 0 Å². The van der Waals surface area contributed by atoms with E-state index in [-0.39, 0.29) is 23.8 Å². The molecule has 1 aromatic heterocycles. The van der Waals surface area contributed by atoms with E-state index in [1.807, 2.05) is 56.3 Å². The lowest BCUT2D eigenvalue weighted by Crippen LogP contribution is -2.03. The molecule has 0 amide bonds. The SMILES string of the molecule is COc1cc(-c2nc3ccccc3[nH]2)cc([N+](=O)[O-])c1OCc1cc(C)ccc1C. The number of nitro benzene ring substituents is 1. The molecule has 4 aromatic rings. The summed E-state index contributed by atoms with van der Waals surface area (Å²) in [6, 6.07) is 16.8. The molecule has 0 bridgehead atoms. The fourth-order valence-corrected chi connectivity index (χ4v) is 3.35. The molecule has 0 radical (unpaired) electrons. The van der Waals surface area contributed by atoms with Gasteiger partial charge >= 0.3 is 5.69 Å². The van der Waals surface area contributed by atoms with Crippen LogP contribution in [-0.4, -0.2) is 22.0 Å². The topological polar surface area (TPSA) is 90.3 Å². The number of hydrogen-bond acceptors (Lipinski definition) is 5. The van der Waals surface area contributed by atoms with Gasteiger partial charge in [0.1, 0.15) is 12.4 Å². The lowest BCUT2D eigenvalue weighted by molar-refractivity contribution is -0.386. The van der Waals surface area contributed by atoms with E-state index in [0.717, 1.165) is 27.7 Å². The quantitative estimate of drug-likeness (QED) is 0.346. The van der Waals surface area contributed by atoms with Crippen LogP contribution >= 0.6 is 0 Å². The fourth-order valence-electron chi connectivity index (χ4n) is 3.35. The van der Waals surface area contributed by atoms with Crippen molar-refractivity contribution in [2.24, 2.45) is 0 Å². The molecule has 30 heavy (non-hydrogen) atoms. The molecule has 3 aromatic carbocycles. The van der Waals surface area contributed by atoms with Crippen molar-refractivity contribution in [1.82, 2.24) is 9.97 Å². The number of aromatic nitrogens is 2. The maximum absolute atomic E-state index is 11.8. The molecule has 0 spiro atoms. The summed E-state index contributed by atoms with van der Waals surface area (Å²) in [5.41, 5.74) is 5.13. The molecule has 0 saturated carbocycles. The number of methoxy groups -OCH3 is 1. The van der Waals surface area contributed by atoms with Crippen LogP contribution in [0, 0.1) is 24.0 Å². The van der Waals surface area contributed by atoms with Crippen LogP contribution in [0.1, 0.15) is 16.7 Å². The maximum Gasteiger partial charge on any atom is 0.315 e. The number of H-pyrrole nitrogens is 1. The summed E-state index contributed by atoms with van der Waals surface area (Å²) in [6.07, 6.45) is 0. The highest BCUT2D eigenvalue weighted by Crippen LogP contribution is 2.41. The van der Waals surface area contributed by atoms with Crippen molar-refractivity contribution < 1.29 is 14.4 Å². The standard InChI is InChI=1S/C23H21N3O4/c1-14-8-9-15(2)17(10-14)13-30-22-20(26(27)28)11-16(12-21(22)29-3)23-24-18-6-4-5-7-19(18)25-23/h4-12H,13H2,1-3H3,(H,24,25). The summed E-state index contributed by atoms with van der Waals surface area (Å²) in [7, 11) is 1.46. The van der Waals surface area contributed by atoms with Crippen LogP contribution in [0.15, 0.2) is 54.6 Å². The Hall–Kier alpha value is -3.87. The van der Waals surface area contributed by atoms with Gasteiger partial charge in [0.2, 0.25) is 5.75 Å². The third-order valence-electron chi connectivity index (χ3n) is 4.99. The van der Waals surface area contributed by atoms with Crippen LogP contribution in [-0.2, 0) is 6.61 Å². The van der Waals surface area contributed by atoms with Gasteiger partial charge in [0.15, 0.2) is 5.75 Å². The molecular formula is C23H21N3O4. The number of rotatable bonds is 6. The van der Waals surface area contributed by atoms with Gasteiger partial charge in [-0.1, -0.05) is 35.9 Å². The summed E-state index contributed by atoms with van der Waals surface area (Å²) in [5, 5.41) is 11.8. The van der Waals surface area contributed by atoms with Gasteiger partial charge in [0.05, 0.1) is 23.1 Å². The largest absolute Gasteiger partial charge is 0.493 e. The van der Waals surface area contributed by atoms with Crippen molar-refractivity contribution in [3.8, 4) is 22.9 Å². The first-order valence-electron chi connectivity index (χ1n) is 9.46. The van der Waals surface area contributed by atoms with Crippen molar-refractivity contribution in [1.29, 1.82) is 0 Å². The number of para-hydroxylation sites is 2. The Bertz CT molecular complexity index is 1210. The molecule has 0 saturated heterocycles. The minimum Gasteiger partial charge on any atom is -0.493 e. The third kappa shape index (κ3) is 3.69. The molecule has 4 rings (SSSR count). The molecule has 0 fully saturated rings. The first-order chi connectivity index (χ1) is 14.5. The van der Waals surface area contributed by atoms with Crippen LogP contribution in [0.25, 0.3) is 22.4 Å². The molecule has 0 aliphatic heterocycles. The zero-order valence-corrected chi connectivity index (χ0v) is 16.9. The summed E-state index contributed by atoms with van der Waals surface area (Å²) in [6.45, 7) is 4.18. The Morgan fingerprint density at radius 2 is 1.90 bits per heavy atom. The lowest BCUT2D eigenvalue weighted by Gasteiger charge is -2.14. The van der Waals surface area contributed by atoms with Gasteiger partial charge < -0.3 is 14.5 Å². The molecular weight excluding hydrogens is 382 g/mol. The van der Waals surface area contributed by atoms with E-state index in [2.05, 4.69) is 9.97 Å². The number of aryl methyl sites for hydroxylation is 2. The molecule has 1 heterocycles. The predicted molar refractivity (Wildman–Crippen MR) is 115 cm³/mol. The van der Waals surface area contributed by atoms with Crippen LogP contribution in [0.5, 0.6) is 11.5 Å². The number of aromatic amines is 1. The van der Waals surface area contributed by atoms with E-state index >= 15 is 0 Å². The number of hydrogen-bond donors (Lipinski definition) is 1. The Balaban J connectivity index is 1.75. The Morgan fingerprint density at radius 3 is 2.63 bits per heavy atom. The first kappa shape index (κ1) is 19.4. The highest BCUT2D eigenvalue weighted by Gasteiger charge is 2.24. The van der Waals surface area contributed by atoms with E-state index in [4.69, 9.17) is 9.47 Å². The lowest BCUT2D eigenvalue weighted by atomic mass is 10.1. The minimum absolute atomic E-state index is 0.100. The number of imidazole rings is 1. The molecule has 0 unspecified atom stereocenters. The molecule has 0 aliphatic carbocycles. The molecule has 7 nitrogen and oxygen atoms in total. The van der Waals surface area contributed by atoms with Crippen LogP contribution in [0.2, 0.25) is 0 Å². The Kier molecular flexibility index (Phi) is 5.10. The average molecular weight is 403 g/mol. The van der Waals surface area contributed by atoms with Crippen molar-refractivity contribution in [2.45, 2.75) is 20.5 Å². The summed E-state index contributed by atoms with van der Waals surface area (Å²) < 4.78 is 11.3. The fraction of sp³-hybridized carbons (Fsp3) is 0.174. The Labute approximate surface area is 173 Å². The normalized spacial score (nSPS) is 10.9. The summed E-state index contributed by atoms with van der Waals surface area (Å²) in [4.78, 5) is 19.1. The minimum atomic E-state index is -0.465. The monoisotopic (exact) mass is 403 g/mol. The van der Waals surface area contributed by atoms with E-state index in [1.165, 1.54) is 13.2 Å². The maximum atomic E-state index is 11.8. The van der Waals surface area contributed by atoms with Gasteiger partial charge in [0.25, 0.3) is 0 Å². The number of ether oxygens (including phenoxy) is 2. The molecule has 152 valence electrons. The van der Waals surface area contributed by atoms with E-state index < -0.39 is 4.92 Å². The number of nitro groups is 1. The van der Waals surface area contributed by atoms with Crippen LogP contribution < -0.4 is 9.47 Å². The number of nitrogens with zero attached hydrogens (tertiary/aromatic N) is 2.